The Balaban J connectivity index is 1.84. The zero-order valence-corrected chi connectivity index (χ0v) is 31.6. The quantitative estimate of drug-likeness (QED) is 0.146. The van der Waals surface area contributed by atoms with Gasteiger partial charge in [0.05, 0.1) is 0 Å². The van der Waals surface area contributed by atoms with Crippen molar-refractivity contribution in [2.24, 2.45) is 0 Å². The summed E-state index contributed by atoms with van der Waals surface area (Å²) in [6, 6.07) is 9.50. The molecule has 0 aliphatic heterocycles. The molecule has 2 atom stereocenters. The van der Waals surface area contributed by atoms with Crippen molar-refractivity contribution < 1.29 is 15.6 Å². The predicted molar refractivity (Wildman–Crippen MR) is 181 cm³/mol. The summed E-state index contributed by atoms with van der Waals surface area (Å²) < 4.78 is 0.405. The summed E-state index contributed by atoms with van der Waals surface area (Å²) in [6.07, 6.45) is 17.6. The summed E-state index contributed by atoms with van der Waals surface area (Å²) >= 11 is -4.59. The van der Waals surface area contributed by atoms with Crippen molar-refractivity contribution in [2.75, 3.05) is 0 Å². The van der Waals surface area contributed by atoms with Gasteiger partial charge in [-0.2, -0.15) is 0 Å². The normalized spacial score (nSPS) is 19.3. The van der Waals surface area contributed by atoms with Crippen LogP contribution < -0.4 is 0 Å². The molecule has 0 saturated carbocycles. The maximum absolute atomic E-state index is 8.48. The molecule has 2 unspecified atom stereocenters. The standard InChI is InChI=1S/2C17H23.C2H7Si.2ClH.Zr/c2*1-4-5-6-7-8-15-10-9-14(3)16-11-13(2)12-17(15)16;1-3-2;;;/h2*9-12H,4-8H2,1-3H3;3H,1-2H3;2*1H;/q;;;;;+2/p-2. The van der Waals surface area contributed by atoms with Crippen molar-refractivity contribution >= 4 is 35.1 Å². The number of benzene rings is 2. The van der Waals surface area contributed by atoms with E-state index in [2.05, 4.69) is 91.1 Å². The monoisotopic (exact) mass is 673 g/mol. The molecule has 0 N–H and O–H groups in total. The van der Waals surface area contributed by atoms with Gasteiger partial charge in [0.15, 0.2) is 0 Å². The molecule has 219 valence electrons. The fraction of sp³-hybridized carbons (Fsp3) is 0.556. The molecular formula is C36H53Cl2SiZr. The van der Waals surface area contributed by atoms with Gasteiger partial charge in [-0.25, -0.2) is 0 Å². The first-order valence-electron chi connectivity index (χ1n) is 16.2. The molecule has 0 heterocycles. The summed E-state index contributed by atoms with van der Waals surface area (Å²) in [5, 5.41) is 0. The van der Waals surface area contributed by atoms with Gasteiger partial charge in [-0.1, -0.05) is 0 Å². The van der Waals surface area contributed by atoms with Crippen molar-refractivity contribution in [3.8, 4) is 0 Å². The van der Waals surface area contributed by atoms with E-state index in [0.29, 0.717) is 0 Å². The van der Waals surface area contributed by atoms with E-state index in [0.717, 1.165) is 12.8 Å². The minimum atomic E-state index is -4.59. The van der Waals surface area contributed by atoms with E-state index in [4.69, 9.17) is 17.0 Å². The number of halogens is 2. The van der Waals surface area contributed by atoms with Crippen LogP contribution in [0.25, 0.3) is 12.2 Å². The van der Waals surface area contributed by atoms with Crippen LogP contribution in [0.3, 0.4) is 0 Å². The molecule has 0 bridgehead atoms. The Hall–Kier alpha value is -0.400. The number of aryl methyl sites for hydroxylation is 4. The molecule has 2 aromatic rings. The van der Waals surface area contributed by atoms with Gasteiger partial charge in [-0.05, 0) is 0 Å². The third-order valence-corrected chi connectivity index (χ3v) is 62.4. The van der Waals surface area contributed by atoms with E-state index in [9.17, 15) is 0 Å². The molecule has 2 aromatic carbocycles. The second-order valence-electron chi connectivity index (χ2n) is 13.4. The van der Waals surface area contributed by atoms with Crippen molar-refractivity contribution in [1.29, 1.82) is 0 Å². The van der Waals surface area contributed by atoms with Gasteiger partial charge in [-0.3, -0.25) is 0 Å². The van der Waals surface area contributed by atoms with Gasteiger partial charge in [0.2, 0.25) is 0 Å². The van der Waals surface area contributed by atoms with Crippen LogP contribution in [-0.2, 0) is 28.4 Å². The van der Waals surface area contributed by atoms with Crippen molar-refractivity contribution in [3.63, 3.8) is 0 Å². The van der Waals surface area contributed by atoms with E-state index in [1.807, 2.05) is 0 Å². The van der Waals surface area contributed by atoms with Gasteiger partial charge >= 0.3 is 257 Å². The molecule has 0 spiro atoms. The molecule has 0 aromatic heterocycles. The predicted octanol–water partition coefficient (Wildman–Crippen LogP) is 12.1. The van der Waals surface area contributed by atoms with Crippen LogP contribution in [0.2, 0.25) is 13.1 Å². The van der Waals surface area contributed by atoms with Gasteiger partial charge in [0, 0.05) is 0 Å². The van der Waals surface area contributed by atoms with Crippen LogP contribution in [0, 0.1) is 13.8 Å². The number of allylic oxidation sites excluding steroid dienone is 2. The molecular weight excluding hydrogens is 623 g/mol. The zero-order chi connectivity index (χ0) is 29.3. The van der Waals surface area contributed by atoms with E-state index in [1.165, 1.54) is 107 Å². The second kappa shape index (κ2) is 13.1. The Kier molecular flexibility index (Phi) is 10.6. The molecule has 0 amide bonds. The summed E-state index contributed by atoms with van der Waals surface area (Å²) in [7, 11) is 17.0. The first kappa shape index (κ1) is 32.5. The molecule has 4 rings (SSSR count). The number of hydrogen-bond donors (Lipinski definition) is 0. The molecule has 0 fully saturated rings. The maximum atomic E-state index is 8.48. The third-order valence-electron chi connectivity index (χ3n) is 10.2. The van der Waals surface area contributed by atoms with Crippen molar-refractivity contribution in [3.05, 3.63) is 79.9 Å². The number of rotatable bonds is 13. The number of hydrogen-bond acceptors (Lipinski definition) is 0. The fourth-order valence-corrected chi connectivity index (χ4v) is 40.9. The van der Waals surface area contributed by atoms with Crippen molar-refractivity contribution in [1.82, 2.24) is 0 Å². The second-order valence-corrected chi connectivity index (χ2v) is 55.9. The summed E-state index contributed by atoms with van der Waals surface area (Å²) in [5.74, 6) is -1.49. The van der Waals surface area contributed by atoms with Crippen LogP contribution in [0.15, 0.2) is 35.4 Å². The van der Waals surface area contributed by atoms with E-state index < -0.39 is 21.5 Å². The number of unbranched alkanes of at least 4 members (excludes halogenated alkanes) is 6. The van der Waals surface area contributed by atoms with Crippen LogP contribution >= 0.6 is 17.0 Å². The Morgan fingerprint density at radius 2 is 1.02 bits per heavy atom. The summed E-state index contributed by atoms with van der Waals surface area (Å²) in [4.78, 5) is 0. The molecule has 4 heteroatoms. The molecule has 0 saturated heterocycles. The Morgan fingerprint density at radius 3 is 1.38 bits per heavy atom. The average Bonchev–Trinajstić information content (AvgIpc) is 3.46. The van der Waals surface area contributed by atoms with Gasteiger partial charge in [0.25, 0.3) is 0 Å². The van der Waals surface area contributed by atoms with Crippen molar-refractivity contribution in [2.45, 2.75) is 126 Å². The van der Waals surface area contributed by atoms with Crippen LogP contribution in [-0.4, -0.2) is 5.92 Å². The third kappa shape index (κ3) is 5.75. The van der Waals surface area contributed by atoms with Gasteiger partial charge < -0.3 is 0 Å². The molecule has 2 aliphatic rings. The SMILES string of the molecule is CCCCCCc1ccc(C)c2c1C=C(C)[CH]2[Zr]([Cl])([Cl])([CH]1C(C)=Cc2c(CCCCCC)ccc(C)c21)[SiH](C)C. The van der Waals surface area contributed by atoms with Crippen LogP contribution in [0.5, 0.6) is 0 Å². The Bertz CT molecular complexity index is 1210. The molecule has 0 nitrogen and oxygen atoms in total. The Labute approximate surface area is 254 Å². The van der Waals surface area contributed by atoms with Gasteiger partial charge in [0.1, 0.15) is 0 Å². The molecule has 2 aliphatic carbocycles. The average molecular weight is 676 g/mol. The summed E-state index contributed by atoms with van der Waals surface area (Å²) in [6.45, 7) is 18.8. The van der Waals surface area contributed by atoms with Crippen LogP contribution in [0.1, 0.15) is 131 Å². The first-order chi connectivity index (χ1) is 19.0. The zero-order valence-electron chi connectivity index (χ0n) is 26.5. The topological polar surface area (TPSA) is 0 Å². The molecule has 40 heavy (non-hydrogen) atoms. The number of fused-ring (bicyclic) bond motifs is 2. The van der Waals surface area contributed by atoms with E-state index >= 15 is 0 Å². The van der Waals surface area contributed by atoms with E-state index in [1.54, 1.807) is 0 Å². The summed E-state index contributed by atoms with van der Waals surface area (Å²) in [5.41, 5.74) is 14.5. The fourth-order valence-electron chi connectivity index (χ4n) is 7.94. The Morgan fingerprint density at radius 1 is 0.625 bits per heavy atom. The molecule has 0 radical (unpaired) electrons. The van der Waals surface area contributed by atoms with Crippen LogP contribution in [0.4, 0.5) is 0 Å². The minimum absolute atomic E-state index is 0.203. The van der Waals surface area contributed by atoms with E-state index in [-0.39, 0.29) is 7.25 Å². The first-order valence-corrected chi connectivity index (χ1v) is 32.5. The van der Waals surface area contributed by atoms with Gasteiger partial charge in [-0.15, -0.1) is 0 Å².